The van der Waals surface area contributed by atoms with E-state index in [4.69, 9.17) is 11.8 Å². The summed E-state index contributed by atoms with van der Waals surface area (Å²) in [5, 5.41) is 0. The van der Waals surface area contributed by atoms with Gasteiger partial charge >= 0.3 is 6.18 Å². The highest BCUT2D eigenvalue weighted by Crippen LogP contribution is 2.42. The summed E-state index contributed by atoms with van der Waals surface area (Å²) < 4.78 is 38.9. The summed E-state index contributed by atoms with van der Waals surface area (Å²) >= 11 is 6.06. The Kier molecular flexibility index (Phi) is 4.87. The predicted molar refractivity (Wildman–Crippen MR) is 75.3 cm³/mol. The van der Waals surface area contributed by atoms with Gasteiger partial charge in [-0.15, -0.1) is 0 Å². The summed E-state index contributed by atoms with van der Waals surface area (Å²) in [6.45, 7) is 0. The first-order valence-corrected chi connectivity index (χ1v) is 7.16. The monoisotopic (exact) mass is 351 g/mol. The van der Waals surface area contributed by atoms with Gasteiger partial charge in [0.15, 0.2) is 5.70 Å². The first-order chi connectivity index (χ1) is 10.3. The largest absolute Gasteiger partial charge is 0.433 e. The van der Waals surface area contributed by atoms with Crippen LogP contribution in [0.25, 0.3) is 0 Å². The van der Waals surface area contributed by atoms with Crippen LogP contribution in [0.2, 0.25) is 0 Å². The summed E-state index contributed by atoms with van der Waals surface area (Å²) in [6, 6.07) is 7.90. The fourth-order valence-electron chi connectivity index (χ4n) is 1.64. The maximum Gasteiger partial charge on any atom is 0.433 e. The maximum atomic E-state index is 12.8. The second-order valence-corrected chi connectivity index (χ2v) is 5.45. The summed E-state index contributed by atoms with van der Waals surface area (Å²) in [6.07, 6.45) is -4.76. The lowest BCUT2D eigenvalue weighted by Crippen LogP contribution is -2.42. The molecule has 0 aromatic heterocycles. The van der Waals surface area contributed by atoms with Crippen LogP contribution in [-0.4, -0.2) is 28.3 Å². The van der Waals surface area contributed by atoms with Crippen molar-refractivity contribution in [3.05, 3.63) is 46.5 Å². The van der Waals surface area contributed by atoms with E-state index >= 15 is 0 Å². The van der Waals surface area contributed by atoms with Gasteiger partial charge < -0.3 is 0 Å². The number of hydrogen-bond acceptors (Lipinski definition) is 4. The van der Waals surface area contributed by atoms with Gasteiger partial charge in [0.1, 0.15) is 4.91 Å². The number of hydrogen-bond donors (Lipinski definition) is 2. The SMILES string of the molecule is O=C(NNC(=O)c1ccccc1)C1=C(C(F)(F)F)N(Cl)CS1. The van der Waals surface area contributed by atoms with E-state index in [-0.39, 0.29) is 11.4 Å². The summed E-state index contributed by atoms with van der Waals surface area (Å²) in [7, 11) is 0. The Hall–Kier alpha value is -1.87. The van der Waals surface area contributed by atoms with E-state index in [0.717, 1.165) is 0 Å². The molecule has 1 aliphatic heterocycles. The molecule has 0 atom stereocenters. The molecule has 118 valence electrons. The molecule has 1 aromatic carbocycles. The van der Waals surface area contributed by atoms with E-state index in [0.29, 0.717) is 16.2 Å². The molecule has 2 rings (SSSR count). The topological polar surface area (TPSA) is 61.4 Å². The molecule has 0 unspecified atom stereocenters. The Labute approximate surface area is 132 Å². The number of carbonyl (C=O) groups is 2. The number of nitrogens with zero attached hydrogens (tertiary/aromatic N) is 1. The molecule has 2 amide bonds. The van der Waals surface area contributed by atoms with Crippen LogP contribution < -0.4 is 10.9 Å². The van der Waals surface area contributed by atoms with Crippen molar-refractivity contribution in [3.63, 3.8) is 0 Å². The van der Waals surface area contributed by atoms with E-state index in [1.165, 1.54) is 12.1 Å². The molecule has 0 bridgehead atoms. The molecule has 5 nitrogen and oxygen atoms in total. The number of halogens is 4. The number of rotatable bonds is 2. The lowest BCUT2D eigenvalue weighted by Gasteiger charge is -2.15. The number of hydrazine groups is 1. The minimum atomic E-state index is -4.76. The third-order valence-electron chi connectivity index (χ3n) is 2.58. The van der Waals surface area contributed by atoms with Crippen LogP contribution in [0.1, 0.15) is 10.4 Å². The first kappa shape index (κ1) is 16.5. The Morgan fingerprint density at radius 3 is 2.32 bits per heavy atom. The van der Waals surface area contributed by atoms with Gasteiger partial charge in [-0.25, -0.2) is 0 Å². The van der Waals surface area contributed by atoms with Crippen LogP contribution in [0.4, 0.5) is 13.2 Å². The molecule has 0 fully saturated rings. The van der Waals surface area contributed by atoms with Crippen LogP contribution in [0.15, 0.2) is 40.9 Å². The highest BCUT2D eigenvalue weighted by atomic mass is 35.5. The van der Waals surface area contributed by atoms with Gasteiger partial charge in [0.25, 0.3) is 11.8 Å². The second-order valence-electron chi connectivity index (χ2n) is 4.09. The van der Waals surface area contributed by atoms with Gasteiger partial charge in [-0.3, -0.25) is 24.9 Å². The molecule has 1 aromatic rings. The van der Waals surface area contributed by atoms with Crippen molar-refractivity contribution in [2.45, 2.75) is 6.18 Å². The van der Waals surface area contributed by atoms with E-state index in [2.05, 4.69) is 0 Å². The molecule has 1 aliphatic rings. The minimum absolute atomic E-state index is 0.216. The van der Waals surface area contributed by atoms with Gasteiger partial charge in [0.2, 0.25) is 0 Å². The fourth-order valence-corrected chi connectivity index (χ4v) is 2.93. The van der Waals surface area contributed by atoms with Crippen LogP contribution in [0, 0.1) is 0 Å². The number of thioether (sulfide) groups is 1. The Balaban J connectivity index is 2.06. The van der Waals surface area contributed by atoms with Crippen molar-refractivity contribution in [2.24, 2.45) is 0 Å². The maximum absolute atomic E-state index is 12.8. The van der Waals surface area contributed by atoms with E-state index in [9.17, 15) is 22.8 Å². The van der Waals surface area contributed by atoms with Crippen LogP contribution in [0.3, 0.4) is 0 Å². The zero-order valence-corrected chi connectivity index (χ0v) is 12.4. The lowest BCUT2D eigenvalue weighted by molar-refractivity contribution is -0.120. The van der Waals surface area contributed by atoms with Crippen molar-refractivity contribution in [1.29, 1.82) is 0 Å². The quantitative estimate of drug-likeness (QED) is 0.634. The van der Waals surface area contributed by atoms with Crippen molar-refractivity contribution in [2.75, 3.05) is 5.88 Å². The lowest BCUT2D eigenvalue weighted by atomic mass is 10.2. The third kappa shape index (κ3) is 3.66. The van der Waals surface area contributed by atoms with E-state index < -0.39 is 28.6 Å². The van der Waals surface area contributed by atoms with Crippen molar-refractivity contribution in [1.82, 2.24) is 15.3 Å². The Morgan fingerprint density at radius 2 is 1.73 bits per heavy atom. The molecular weight excluding hydrogens is 343 g/mol. The van der Waals surface area contributed by atoms with Crippen LogP contribution >= 0.6 is 23.5 Å². The fraction of sp³-hybridized carbons (Fsp3) is 0.167. The van der Waals surface area contributed by atoms with E-state index in [1.807, 2.05) is 10.9 Å². The number of benzene rings is 1. The zero-order valence-electron chi connectivity index (χ0n) is 10.8. The van der Waals surface area contributed by atoms with Crippen molar-refractivity contribution >= 4 is 35.4 Å². The molecule has 0 radical (unpaired) electrons. The highest BCUT2D eigenvalue weighted by Gasteiger charge is 2.45. The molecule has 1 heterocycles. The second kappa shape index (κ2) is 6.49. The summed E-state index contributed by atoms with van der Waals surface area (Å²) in [4.78, 5) is 22.9. The average Bonchev–Trinajstić information content (AvgIpc) is 2.87. The molecule has 2 N–H and O–H groups in total. The zero-order chi connectivity index (χ0) is 16.3. The molecule has 22 heavy (non-hydrogen) atoms. The Morgan fingerprint density at radius 1 is 1.14 bits per heavy atom. The molecule has 10 heteroatoms. The number of amides is 2. The minimum Gasteiger partial charge on any atom is -0.269 e. The average molecular weight is 352 g/mol. The Bertz CT molecular complexity index is 622. The number of nitrogens with one attached hydrogen (secondary N) is 2. The molecule has 0 saturated carbocycles. The summed E-state index contributed by atoms with van der Waals surface area (Å²) in [5.74, 6) is -1.94. The predicted octanol–water partition coefficient (Wildman–Crippen LogP) is 2.38. The van der Waals surface area contributed by atoms with Gasteiger partial charge in [-0.05, 0) is 12.1 Å². The third-order valence-corrected chi connectivity index (χ3v) is 4.07. The van der Waals surface area contributed by atoms with Crippen LogP contribution in [-0.2, 0) is 4.79 Å². The van der Waals surface area contributed by atoms with E-state index in [1.54, 1.807) is 18.2 Å². The van der Waals surface area contributed by atoms with Gasteiger partial charge in [-0.2, -0.15) is 13.2 Å². The smallest absolute Gasteiger partial charge is 0.269 e. The number of carbonyl (C=O) groups excluding carboxylic acids is 2. The first-order valence-electron chi connectivity index (χ1n) is 5.84. The van der Waals surface area contributed by atoms with Crippen molar-refractivity contribution in [3.8, 4) is 0 Å². The molecule has 0 aliphatic carbocycles. The molecule has 0 spiro atoms. The number of allylic oxidation sites excluding steroid dienone is 1. The standard InChI is InChI=1S/C12H9ClF3N3O2S/c13-19-6-22-8(9(19)12(14,15)16)11(21)18-17-10(20)7-4-2-1-3-5-7/h1-5H,6H2,(H,17,20)(H,18,21). The molecule has 0 saturated heterocycles. The highest BCUT2D eigenvalue weighted by molar-refractivity contribution is 8.04. The summed E-state index contributed by atoms with van der Waals surface area (Å²) in [5.41, 5.74) is 3.00. The number of alkyl halides is 3. The van der Waals surface area contributed by atoms with Crippen LogP contribution in [0.5, 0.6) is 0 Å². The van der Waals surface area contributed by atoms with Gasteiger partial charge in [0.05, 0.1) is 5.88 Å². The molecular formula is C12H9ClF3N3O2S. The van der Waals surface area contributed by atoms with Gasteiger partial charge in [0, 0.05) is 17.3 Å². The van der Waals surface area contributed by atoms with Crippen molar-refractivity contribution < 1.29 is 22.8 Å². The van der Waals surface area contributed by atoms with Gasteiger partial charge in [-0.1, -0.05) is 30.0 Å². The normalized spacial score (nSPS) is 15.0.